The molecule has 148 valence electrons. The van der Waals surface area contributed by atoms with Gasteiger partial charge in [-0.05, 0) is 49.4 Å². The summed E-state index contributed by atoms with van der Waals surface area (Å²) in [5, 5.41) is 3.20. The van der Waals surface area contributed by atoms with Crippen LogP contribution in [0.1, 0.15) is 35.7 Å². The van der Waals surface area contributed by atoms with Gasteiger partial charge >= 0.3 is 0 Å². The van der Waals surface area contributed by atoms with Crippen molar-refractivity contribution >= 4 is 17.5 Å². The number of hydrogen-bond acceptors (Lipinski definition) is 4. The molecule has 1 saturated heterocycles. The third kappa shape index (κ3) is 4.62. The predicted molar refractivity (Wildman–Crippen MR) is 116 cm³/mol. The van der Waals surface area contributed by atoms with Crippen molar-refractivity contribution in [3.05, 3.63) is 72.1 Å². The molecule has 1 N–H and O–H groups in total. The molecular weight excluding hydrogens is 360 g/mol. The van der Waals surface area contributed by atoms with Crippen molar-refractivity contribution in [1.82, 2.24) is 14.9 Å². The van der Waals surface area contributed by atoms with Gasteiger partial charge in [0.1, 0.15) is 0 Å². The monoisotopic (exact) mass is 386 g/mol. The summed E-state index contributed by atoms with van der Waals surface area (Å²) >= 11 is 0. The van der Waals surface area contributed by atoms with E-state index in [1.165, 1.54) is 5.56 Å². The van der Waals surface area contributed by atoms with Gasteiger partial charge < -0.3 is 10.2 Å². The number of carbonyl (C=O) groups excluding carboxylic acids is 1. The molecule has 0 radical (unpaired) electrons. The second-order valence-electron chi connectivity index (χ2n) is 7.84. The highest BCUT2D eigenvalue weighted by Crippen LogP contribution is 2.22. The summed E-state index contributed by atoms with van der Waals surface area (Å²) in [4.78, 5) is 23.6. The van der Waals surface area contributed by atoms with Gasteiger partial charge in [0, 0.05) is 42.3 Å². The molecule has 0 saturated carbocycles. The quantitative estimate of drug-likeness (QED) is 0.680. The number of hydrogen-bond donors (Lipinski definition) is 1. The van der Waals surface area contributed by atoms with Crippen LogP contribution in [0.2, 0.25) is 0 Å². The summed E-state index contributed by atoms with van der Waals surface area (Å²) in [5.74, 6) is 1.31. The minimum atomic E-state index is 0.0937. The Morgan fingerprint density at radius 1 is 1.00 bits per heavy atom. The van der Waals surface area contributed by atoms with Gasteiger partial charge in [0.2, 0.25) is 5.95 Å². The Labute approximate surface area is 171 Å². The van der Waals surface area contributed by atoms with Crippen LogP contribution in [0.4, 0.5) is 11.6 Å². The summed E-state index contributed by atoms with van der Waals surface area (Å²) in [7, 11) is 0. The number of nitrogens with one attached hydrogen (secondary N) is 1. The summed E-state index contributed by atoms with van der Waals surface area (Å²) in [6.07, 6.45) is 5.77. The third-order valence-corrected chi connectivity index (χ3v) is 5.47. The predicted octanol–water partition coefficient (Wildman–Crippen LogP) is 5.07. The third-order valence-electron chi connectivity index (χ3n) is 5.47. The number of anilines is 2. The van der Waals surface area contributed by atoms with Crippen LogP contribution in [0.25, 0.3) is 11.1 Å². The molecule has 2 heterocycles. The fraction of sp³-hybridized carbons (Fsp3) is 0.292. The molecule has 0 bridgehead atoms. The van der Waals surface area contributed by atoms with Crippen LogP contribution in [0, 0.1) is 12.8 Å². The molecule has 1 aliphatic rings. The van der Waals surface area contributed by atoms with Gasteiger partial charge in [-0.2, -0.15) is 0 Å². The van der Waals surface area contributed by atoms with Crippen LogP contribution in [-0.4, -0.2) is 33.9 Å². The number of benzene rings is 2. The van der Waals surface area contributed by atoms with Gasteiger partial charge in [-0.1, -0.05) is 42.8 Å². The number of amides is 1. The first-order valence-electron chi connectivity index (χ1n) is 10.1. The topological polar surface area (TPSA) is 58.1 Å². The zero-order chi connectivity index (χ0) is 20.2. The average molecular weight is 386 g/mol. The van der Waals surface area contributed by atoms with Crippen molar-refractivity contribution < 1.29 is 4.79 Å². The smallest absolute Gasteiger partial charge is 0.253 e. The van der Waals surface area contributed by atoms with Gasteiger partial charge in [0.25, 0.3) is 5.91 Å². The van der Waals surface area contributed by atoms with Gasteiger partial charge in [-0.25, -0.2) is 9.97 Å². The molecule has 5 nitrogen and oxygen atoms in total. The molecule has 0 atom stereocenters. The first-order valence-corrected chi connectivity index (χ1v) is 10.1. The Kier molecular flexibility index (Phi) is 5.56. The maximum atomic E-state index is 12.8. The first-order chi connectivity index (χ1) is 14.1. The minimum absolute atomic E-state index is 0.0937. The van der Waals surface area contributed by atoms with Gasteiger partial charge in [-0.15, -0.1) is 0 Å². The molecular formula is C24H26N4O. The maximum absolute atomic E-state index is 12.8. The molecule has 2 aromatic carbocycles. The van der Waals surface area contributed by atoms with Crippen molar-refractivity contribution in [3.8, 4) is 11.1 Å². The molecule has 0 unspecified atom stereocenters. The van der Waals surface area contributed by atoms with E-state index in [2.05, 4.69) is 53.4 Å². The van der Waals surface area contributed by atoms with E-state index in [9.17, 15) is 4.79 Å². The van der Waals surface area contributed by atoms with E-state index in [0.29, 0.717) is 17.4 Å². The fourth-order valence-electron chi connectivity index (χ4n) is 3.54. The minimum Gasteiger partial charge on any atom is -0.339 e. The summed E-state index contributed by atoms with van der Waals surface area (Å²) in [5.41, 5.74) is 4.79. The summed E-state index contributed by atoms with van der Waals surface area (Å²) in [6, 6.07) is 15.8. The van der Waals surface area contributed by atoms with E-state index in [1.807, 2.05) is 41.6 Å². The number of aromatic nitrogens is 2. The van der Waals surface area contributed by atoms with Crippen LogP contribution in [0.5, 0.6) is 0 Å². The van der Waals surface area contributed by atoms with E-state index in [0.717, 1.165) is 42.7 Å². The highest BCUT2D eigenvalue weighted by Gasteiger charge is 2.21. The van der Waals surface area contributed by atoms with E-state index < -0.39 is 0 Å². The van der Waals surface area contributed by atoms with Gasteiger partial charge in [-0.3, -0.25) is 4.79 Å². The van der Waals surface area contributed by atoms with Gasteiger partial charge in [0.15, 0.2) is 0 Å². The van der Waals surface area contributed by atoms with E-state index in [-0.39, 0.29) is 5.91 Å². The SMILES string of the molecule is Cc1ccc(-c2cnc(Nc3cccc(C(=O)N4CCC(C)CC4)c3)nc2)cc1. The zero-order valence-electron chi connectivity index (χ0n) is 16.9. The van der Waals surface area contributed by atoms with E-state index >= 15 is 0 Å². The van der Waals surface area contributed by atoms with Crippen LogP contribution < -0.4 is 5.32 Å². The Balaban J connectivity index is 1.45. The molecule has 0 aliphatic carbocycles. The zero-order valence-corrected chi connectivity index (χ0v) is 16.9. The first kappa shape index (κ1) is 19.1. The van der Waals surface area contributed by atoms with Crippen LogP contribution in [-0.2, 0) is 0 Å². The number of carbonyl (C=O) groups is 1. The van der Waals surface area contributed by atoms with E-state index in [1.54, 1.807) is 0 Å². The number of piperidine rings is 1. The number of nitrogens with zero attached hydrogens (tertiary/aromatic N) is 3. The van der Waals surface area contributed by atoms with Crippen molar-refractivity contribution in [2.45, 2.75) is 26.7 Å². The Morgan fingerprint density at radius 3 is 2.38 bits per heavy atom. The number of rotatable bonds is 4. The molecule has 5 heteroatoms. The molecule has 29 heavy (non-hydrogen) atoms. The highest BCUT2D eigenvalue weighted by atomic mass is 16.2. The molecule has 4 rings (SSSR count). The average Bonchev–Trinajstić information content (AvgIpc) is 2.75. The van der Waals surface area contributed by atoms with Crippen molar-refractivity contribution in [2.75, 3.05) is 18.4 Å². The lowest BCUT2D eigenvalue weighted by molar-refractivity contribution is 0.0697. The van der Waals surface area contributed by atoms with Crippen LogP contribution in [0.3, 0.4) is 0 Å². The Bertz CT molecular complexity index is 975. The second kappa shape index (κ2) is 8.43. The lowest BCUT2D eigenvalue weighted by atomic mass is 9.98. The largest absolute Gasteiger partial charge is 0.339 e. The molecule has 1 fully saturated rings. The normalized spacial score (nSPS) is 14.6. The summed E-state index contributed by atoms with van der Waals surface area (Å²) < 4.78 is 0. The summed E-state index contributed by atoms with van der Waals surface area (Å²) in [6.45, 7) is 5.98. The van der Waals surface area contributed by atoms with Crippen molar-refractivity contribution in [1.29, 1.82) is 0 Å². The lowest BCUT2D eigenvalue weighted by Gasteiger charge is -2.30. The molecule has 3 aromatic rings. The standard InChI is InChI=1S/C24H26N4O/c1-17-6-8-19(9-7-17)21-15-25-24(26-16-21)27-22-5-3-4-20(14-22)23(29)28-12-10-18(2)11-13-28/h3-9,14-16,18H,10-13H2,1-2H3,(H,25,26,27). The van der Waals surface area contributed by atoms with Crippen molar-refractivity contribution in [3.63, 3.8) is 0 Å². The number of likely N-dealkylation sites (tertiary alicyclic amines) is 1. The van der Waals surface area contributed by atoms with E-state index in [4.69, 9.17) is 0 Å². The Hall–Kier alpha value is -3.21. The maximum Gasteiger partial charge on any atom is 0.253 e. The second-order valence-corrected chi connectivity index (χ2v) is 7.84. The van der Waals surface area contributed by atoms with Gasteiger partial charge in [0.05, 0.1) is 0 Å². The lowest BCUT2D eigenvalue weighted by Crippen LogP contribution is -2.37. The molecule has 0 spiro atoms. The van der Waals surface area contributed by atoms with Crippen molar-refractivity contribution in [2.24, 2.45) is 5.92 Å². The number of aryl methyl sites for hydroxylation is 1. The van der Waals surface area contributed by atoms with Crippen LogP contribution in [0.15, 0.2) is 60.9 Å². The Morgan fingerprint density at radius 2 is 1.69 bits per heavy atom. The molecule has 1 aliphatic heterocycles. The fourth-order valence-corrected chi connectivity index (χ4v) is 3.54. The molecule has 1 amide bonds. The molecule has 1 aromatic heterocycles. The highest BCUT2D eigenvalue weighted by molar-refractivity contribution is 5.95. The van der Waals surface area contributed by atoms with Crippen LogP contribution >= 0.6 is 0 Å².